The highest BCUT2D eigenvalue weighted by atomic mass is 32.1. The van der Waals surface area contributed by atoms with Crippen molar-refractivity contribution in [3.05, 3.63) is 0 Å². The Kier molecular flexibility index (Phi) is 2.99. The van der Waals surface area contributed by atoms with E-state index in [2.05, 4.69) is 19.2 Å². The molecular formula is C9H16N2O2S. The Bertz CT molecular complexity index is 266. The maximum atomic E-state index is 10.6. The van der Waals surface area contributed by atoms with E-state index in [1.165, 1.54) is 0 Å². The van der Waals surface area contributed by atoms with Gasteiger partial charge in [0.1, 0.15) is 6.54 Å². The Hall–Kier alpha value is -0.840. The zero-order chi connectivity index (χ0) is 10.9. The predicted molar refractivity (Wildman–Crippen MR) is 58.2 cm³/mol. The summed E-state index contributed by atoms with van der Waals surface area (Å²) in [5.41, 5.74) is -0.0362. The lowest BCUT2D eigenvalue weighted by atomic mass is 9.93. The third kappa shape index (κ3) is 2.57. The molecule has 1 heterocycles. The van der Waals surface area contributed by atoms with Crippen molar-refractivity contribution in [1.82, 2.24) is 10.2 Å². The molecule has 1 atom stereocenters. The summed E-state index contributed by atoms with van der Waals surface area (Å²) in [6.45, 7) is 6.10. The number of rotatable bonds is 2. The Morgan fingerprint density at radius 1 is 1.79 bits per heavy atom. The van der Waals surface area contributed by atoms with Gasteiger partial charge < -0.3 is 15.3 Å². The van der Waals surface area contributed by atoms with Crippen molar-refractivity contribution in [1.29, 1.82) is 0 Å². The van der Waals surface area contributed by atoms with Crippen molar-refractivity contribution in [2.45, 2.75) is 38.8 Å². The lowest BCUT2D eigenvalue weighted by molar-refractivity contribution is -0.138. The molecule has 14 heavy (non-hydrogen) atoms. The second-order valence-corrected chi connectivity index (χ2v) is 4.78. The molecule has 1 rings (SSSR count). The fourth-order valence-electron chi connectivity index (χ4n) is 1.83. The van der Waals surface area contributed by atoms with Crippen LogP contribution in [0.5, 0.6) is 0 Å². The third-order valence-corrected chi connectivity index (χ3v) is 2.69. The highest BCUT2D eigenvalue weighted by Crippen LogP contribution is 2.21. The van der Waals surface area contributed by atoms with Crippen LogP contribution in [0.2, 0.25) is 0 Å². The quantitative estimate of drug-likeness (QED) is 0.669. The second kappa shape index (κ2) is 3.73. The molecule has 0 aromatic rings. The SMILES string of the molecule is C[C@H]1CC(C)(C)NC(=S)N1CC(=O)O. The summed E-state index contributed by atoms with van der Waals surface area (Å²) in [6.07, 6.45) is 0.889. The van der Waals surface area contributed by atoms with E-state index in [0.717, 1.165) is 6.42 Å². The first-order valence-corrected chi connectivity index (χ1v) is 5.03. The molecule has 0 aliphatic carbocycles. The Morgan fingerprint density at radius 3 is 2.79 bits per heavy atom. The van der Waals surface area contributed by atoms with Crippen LogP contribution in [0.1, 0.15) is 27.2 Å². The van der Waals surface area contributed by atoms with E-state index >= 15 is 0 Å². The van der Waals surface area contributed by atoms with Gasteiger partial charge in [-0.2, -0.15) is 0 Å². The monoisotopic (exact) mass is 216 g/mol. The van der Waals surface area contributed by atoms with Crippen LogP contribution in [-0.4, -0.2) is 39.2 Å². The highest BCUT2D eigenvalue weighted by molar-refractivity contribution is 7.80. The van der Waals surface area contributed by atoms with Gasteiger partial charge in [-0.15, -0.1) is 0 Å². The first kappa shape index (κ1) is 11.2. The molecule has 0 aromatic heterocycles. The molecule has 4 nitrogen and oxygen atoms in total. The van der Waals surface area contributed by atoms with E-state index < -0.39 is 5.97 Å². The molecule has 5 heteroatoms. The van der Waals surface area contributed by atoms with Crippen LogP contribution in [-0.2, 0) is 4.79 Å². The minimum absolute atomic E-state index is 0.0247. The smallest absolute Gasteiger partial charge is 0.323 e. The number of hydrogen-bond donors (Lipinski definition) is 2. The molecule has 0 radical (unpaired) electrons. The number of nitrogens with one attached hydrogen (secondary N) is 1. The molecule has 0 amide bonds. The van der Waals surface area contributed by atoms with Gasteiger partial charge in [-0.3, -0.25) is 4.79 Å². The number of carboxylic acid groups (broad SMARTS) is 1. The summed E-state index contributed by atoms with van der Waals surface area (Å²) < 4.78 is 0. The summed E-state index contributed by atoms with van der Waals surface area (Å²) in [5, 5.41) is 12.4. The van der Waals surface area contributed by atoms with Gasteiger partial charge in [-0.05, 0) is 39.4 Å². The number of carboxylic acids is 1. The molecule has 0 bridgehead atoms. The minimum Gasteiger partial charge on any atom is -0.480 e. The van der Waals surface area contributed by atoms with Gasteiger partial charge in [0.05, 0.1) is 0 Å². The molecule has 0 spiro atoms. The van der Waals surface area contributed by atoms with Crippen LogP contribution < -0.4 is 5.32 Å². The Morgan fingerprint density at radius 2 is 2.36 bits per heavy atom. The summed E-state index contributed by atoms with van der Waals surface area (Å²) in [5.74, 6) is -0.847. The first-order valence-electron chi connectivity index (χ1n) is 4.62. The van der Waals surface area contributed by atoms with Crippen LogP contribution in [0.15, 0.2) is 0 Å². The van der Waals surface area contributed by atoms with Gasteiger partial charge in [0.15, 0.2) is 5.11 Å². The zero-order valence-corrected chi connectivity index (χ0v) is 9.52. The molecule has 1 fully saturated rings. The zero-order valence-electron chi connectivity index (χ0n) is 8.70. The van der Waals surface area contributed by atoms with E-state index in [0.29, 0.717) is 5.11 Å². The predicted octanol–water partition coefficient (Wildman–Crippen LogP) is 0.818. The van der Waals surface area contributed by atoms with Gasteiger partial charge >= 0.3 is 5.97 Å². The second-order valence-electron chi connectivity index (χ2n) is 4.39. The first-order chi connectivity index (χ1) is 6.32. The largest absolute Gasteiger partial charge is 0.480 e. The van der Waals surface area contributed by atoms with E-state index in [1.54, 1.807) is 4.90 Å². The lowest BCUT2D eigenvalue weighted by Gasteiger charge is -2.44. The number of hydrogen-bond acceptors (Lipinski definition) is 2. The molecule has 0 unspecified atom stereocenters. The van der Waals surface area contributed by atoms with E-state index in [-0.39, 0.29) is 18.1 Å². The summed E-state index contributed by atoms with van der Waals surface area (Å²) in [6, 6.07) is 0.176. The molecule has 2 N–H and O–H groups in total. The third-order valence-electron chi connectivity index (χ3n) is 2.35. The maximum absolute atomic E-state index is 10.6. The Labute approximate surface area is 89.3 Å². The van der Waals surface area contributed by atoms with E-state index in [4.69, 9.17) is 17.3 Å². The molecule has 0 saturated carbocycles. The van der Waals surface area contributed by atoms with Crippen LogP contribution in [0.4, 0.5) is 0 Å². The molecule has 0 aromatic carbocycles. The van der Waals surface area contributed by atoms with Crippen molar-refractivity contribution in [3.63, 3.8) is 0 Å². The number of aliphatic carboxylic acids is 1. The molecule has 1 saturated heterocycles. The van der Waals surface area contributed by atoms with E-state index in [9.17, 15) is 4.79 Å². The highest BCUT2D eigenvalue weighted by Gasteiger charge is 2.33. The van der Waals surface area contributed by atoms with Crippen LogP contribution >= 0.6 is 12.2 Å². The van der Waals surface area contributed by atoms with Crippen molar-refractivity contribution in [3.8, 4) is 0 Å². The number of thiocarbonyl (C=S) groups is 1. The van der Waals surface area contributed by atoms with Crippen LogP contribution in [0.25, 0.3) is 0 Å². The molecular weight excluding hydrogens is 200 g/mol. The maximum Gasteiger partial charge on any atom is 0.323 e. The van der Waals surface area contributed by atoms with Crippen molar-refractivity contribution >= 4 is 23.3 Å². The molecule has 1 aliphatic heterocycles. The summed E-state index contributed by atoms with van der Waals surface area (Å²) >= 11 is 5.12. The molecule has 1 aliphatic rings. The summed E-state index contributed by atoms with van der Waals surface area (Å²) in [4.78, 5) is 12.3. The van der Waals surface area contributed by atoms with Gasteiger partial charge in [-0.1, -0.05) is 0 Å². The van der Waals surface area contributed by atoms with Crippen molar-refractivity contribution in [2.24, 2.45) is 0 Å². The van der Waals surface area contributed by atoms with Crippen molar-refractivity contribution < 1.29 is 9.90 Å². The lowest BCUT2D eigenvalue weighted by Crippen LogP contribution is -2.61. The topological polar surface area (TPSA) is 52.6 Å². The van der Waals surface area contributed by atoms with Gasteiger partial charge in [-0.25, -0.2) is 0 Å². The number of carbonyl (C=O) groups is 1. The van der Waals surface area contributed by atoms with Crippen molar-refractivity contribution in [2.75, 3.05) is 6.54 Å². The normalized spacial score (nSPS) is 25.8. The van der Waals surface area contributed by atoms with Gasteiger partial charge in [0.25, 0.3) is 0 Å². The average Bonchev–Trinajstić information content (AvgIpc) is 1.94. The van der Waals surface area contributed by atoms with E-state index in [1.807, 2.05) is 6.92 Å². The average molecular weight is 216 g/mol. The fourth-order valence-corrected chi connectivity index (χ4v) is 2.36. The minimum atomic E-state index is -0.847. The Balaban J connectivity index is 2.70. The van der Waals surface area contributed by atoms with Gasteiger partial charge in [0, 0.05) is 11.6 Å². The fraction of sp³-hybridized carbons (Fsp3) is 0.778. The van der Waals surface area contributed by atoms with Crippen LogP contribution in [0.3, 0.4) is 0 Å². The van der Waals surface area contributed by atoms with Gasteiger partial charge in [0.2, 0.25) is 0 Å². The summed E-state index contributed by atoms with van der Waals surface area (Å²) in [7, 11) is 0. The van der Waals surface area contributed by atoms with Crippen LogP contribution in [0, 0.1) is 0 Å². The number of nitrogens with zero attached hydrogens (tertiary/aromatic N) is 1. The standard InChI is InChI=1S/C9H16N2O2S/c1-6-4-9(2,3)10-8(14)11(6)5-7(12)13/h6H,4-5H2,1-3H3,(H,10,14)(H,12,13)/t6-/m0/s1. The molecule has 80 valence electrons.